The SMILES string of the molecule is CC(C)(C)[Si](OCCn1cc(COCC(CO)(CO)CO)nn1)(c1ccccc1)c1ccccc1. The van der Waals surface area contributed by atoms with Gasteiger partial charge in [0.05, 0.1) is 57.8 Å². The van der Waals surface area contributed by atoms with E-state index in [0.717, 1.165) is 0 Å². The molecular weight excluding hydrogens is 462 g/mol. The fourth-order valence-electron chi connectivity index (χ4n) is 4.23. The highest BCUT2D eigenvalue weighted by molar-refractivity contribution is 6.99. The molecule has 35 heavy (non-hydrogen) atoms. The second kappa shape index (κ2) is 12.0. The Kier molecular flexibility index (Phi) is 9.34. The van der Waals surface area contributed by atoms with Crippen LogP contribution in [0.4, 0.5) is 0 Å². The topological polar surface area (TPSA) is 110 Å². The van der Waals surface area contributed by atoms with Crippen LogP contribution < -0.4 is 10.4 Å². The molecule has 0 amide bonds. The molecule has 0 fully saturated rings. The van der Waals surface area contributed by atoms with E-state index in [4.69, 9.17) is 9.16 Å². The van der Waals surface area contributed by atoms with Crippen molar-refractivity contribution in [2.45, 2.75) is 39.0 Å². The van der Waals surface area contributed by atoms with Crippen LogP contribution in [0.1, 0.15) is 26.5 Å². The van der Waals surface area contributed by atoms with Crippen LogP contribution in [0.2, 0.25) is 5.04 Å². The summed E-state index contributed by atoms with van der Waals surface area (Å²) >= 11 is 0. The van der Waals surface area contributed by atoms with Crippen LogP contribution >= 0.6 is 0 Å². The summed E-state index contributed by atoms with van der Waals surface area (Å²) in [5.74, 6) is 0. The van der Waals surface area contributed by atoms with Crippen molar-refractivity contribution in [3.05, 3.63) is 72.6 Å². The van der Waals surface area contributed by atoms with Gasteiger partial charge in [0.25, 0.3) is 8.32 Å². The largest absolute Gasteiger partial charge is 0.406 e. The average Bonchev–Trinajstić information content (AvgIpc) is 3.32. The highest BCUT2D eigenvalue weighted by atomic mass is 28.4. The van der Waals surface area contributed by atoms with Crippen molar-refractivity contribution in [3.63, 3.8) is 0 Å². The molecule has 0 saturated carbocycles. The van der Waals surface area contributed by atoms with Crippen LogP contribution in [0.25, 0.3) is 0 Å². The molecule has 0 unspecified atom stereocenters. The number of nitrogens with zero attached hydrogens (tertiary/aromatic N) is 3. The quantitative estimate of drug-likeness (QED) is 0.305. The fraction of sp³-hybridized carbons (Fsp3) is 0.462. The summed E-state index contributed by atoms with van der Waals surface area (Å²) in [5.41, 5.74) is -0.447. The standard InChI is InChI=1S/C26H37N3O5Si/c1-25(2,3)35(23-10-6-4-7-11-23,24-12-8-5-9-13-24)34-15-14-29-16-22(27-28-29)17-33-21-26(18-30,19-31)20-32/h4-13,16,30-32H,14-15,17-21H2,1-3H3. The Morgan fingerprint density at radius 1 is 0.857 bits per heavy atom. The van der Waals surface area contributed by atoms with Gasteiger partial charge in [0.1, 0.15) is 5.69 Å². The van der Waals surface area contributed by atoms with E-state index in [-0.39, 0.29) is 38.1 Å². The van der Waals surface area contributed by atoms with E-state index in [1.165, 1.54) is 10.4 Å². The summed E-state index contributed by atoms with van der Waals surface area (Å²) in [7, 11) is -2.61. The van der Waals surface area contributed by atoms with E-state index in [0.29, 0.717) is 18.8 Å². The number of hydrogen-bond donors (Lipinski definition) is 3. The predicted molar refractivity (Wildman–Crippen MR) is 137 cm³/mol. The molecule has 3 aromatic rings. The van der Waals surface area contributed by atoms with Gasteiger partial charge >= 0.3 is 0 Å². The first kappa shape index (κ1) is 27.2. The van der Waals surface area contributed by atoms with E-state index in [1.807, 2.05) is 12.1 Å². The normalized spacial score (nSPS) is 12.7. The van der Waals surface area contributed by atoms with E-state index in [1.54, 1.807) is 10.9 Å². The van der Waals surface area contributed by atoms with E-state index >= 15 is 0 Å². The third-order valence-corrected chi connectivity index (χ3v) is 11.3. The van der Waals surface area contributed by atoms with Crippen LogP contribution in [0.5, 0.6) is 0 Å². The van der Waals surface area contributed by atoms with Crippen molar-refractivity contribution >= 4 is 18.7 Å². The first-order valence-corrected chi connectivity index (χ1v) is 13.8. The number of hydrogen-bond acceptors (Lipinski definition) is 7. The van der Waals surface area contributed by atoms with Gasteiger partial charge in [0.15, 0.2) is 0 Å². The predicted octanol–water partition coefficient (Wildman–Crippen LogP) is 1.33. The molecule has 1 aromatic heterocycles. The van der Waals surface area contributed by atoms with Crippen LogP contribution in [-0.4, -0.2) is 71.7 Å². The maximum atomic E-state index is 9.42. The van der Waals surface area contributed by atoms with Gasteiger partial charge in [-0.3, -0.25) is 0 Å². The Morgan fingerprint density at radius 2 is 1.40 bits per heavy atom. The summed E-state index contributed by atoms with van der Waals surface area (Å²) < 4.78 is 14.2. The van der Waals surface area contributed by atoms with Gasteiger partial charge in [-0.25, -0.2) is 4.68 Å². The second-order valence-corrected chi connectivity index (χ2v) is 14.3. The molecule has 2 aromatic carbocycles. The number of aliphatic hydroxyl groups is 3. The van der Waals surface area contributed by atoms with E-state index in [2.05, 4.69) is 79.6 Å². The highest BCUT2D eigenvalue weighted by Crippen LogP contribution is 2.36. The summed E-state index contributed by atoms with van der Waals surface area (Å²) in [6.45, 7) is 6.81. The molecule has 0 spiro atoms. The van der Waals surface area contributed by atoms with Crippen LogP contribution in [0.15, 0.2) is 66.9 Å². The molecule has 3 N–H and O–H groups in total. The van der Waals surface area contributed by atoms with Crippen molar-refractivity contribution in [2.24, 2.45) is 5.41 Å². The summed E-state index contributed by atoms with van der Waals surface area (Å²) in [6, 6.07) is 21.0. The molecule has 0 radical (unpaired) electrons. The summed E-state index contributed by atoms with van der Waals surface area (Å²) in [5, 5.41) is 39.0. The Balaban J connectivity index is 1.71. The molecule has 1 heterocycles. The first-order chi connectivity index (χ1) is 16.8. The number of rotatable bonds is 13. The van der Waals surface area contributed by atoms with Gasteiger partial charge in [-0.15, -0.1) is 5.10 Å². The molecule has 190 valence electrons. The molecule has 0 bridgehead atoms. The minimum absolute atomic E-state index is 0.0142. The van der Waals surface area contributed by atoms with E-state index < -0.39 is 13.7 Å². The van der Waals surface area contributed by atoms with Gasteiger partial charge in [-0.05, 0) is 15.4 Å². The van der Waals surface area contributed by atoms with Crippen molar-refractivity contribution in [2.75, 3.05) is 33.0 Å². The third-order valence-electron chi connectivity index (χ3n) is 6.31. The number of benzene rings is 2. The molecule has 0 atom stereocenters. The zero-order valence-corrected chi connectivity index (χ0v) is 21.8. The zero-order valence-electron chi connectivity index (χ0n) is 20.8. The molecular formula is C26H37N3O5Si. The third kappa shape index (κ3) is 6.24. The van der Waals surface area contributed by atoms with Crippen molar-refractivity contribution in [1.29, 1.82) is 0 Å². The minimum Gasteiger partial charge on any atom is -0.406 e. The van der Waals surface area contributed by atoms with Gasteiger partial charge in [0, 0.05) is 0 Å². The monoisotopic (exact) mass is 499 g/mol. The van der Waals surface area contributed by atoms with Crippen molar-refractivity contribution < 1.29 is 24.5 Å². The average molecular weight is 500 g/mol. The Labute approximate surface area is 208 Å². The summed E-state index contributed by atoms with van der Waals surface area (Å²) in [4.78, 5) is 0. The molecule has 0 saturated heterocycles. The van der Waals surface area contributed by atoms with Crippen molar-refractivity contribution in [3.8, 4) is 0 Å². The molecule has 9 heteroatoms. The Bertz CT molecular complexity index is 972. The molecule has 3 rings (SSSR count). The smallest absolute Gasteiger partial charge is 0.261 e. The lowest BCUT2D eigenvalue weighted by Gasteiger charge is -2.43. The lowest BCUT2D eigenvalue weighted by atomic mass is 9.93. The Hall–Kier alpha value is -2.40. The lowest BCUT2D eigenvalue weighted by molar-refractivity contribution is -0.0626. The van der Waals surface area contributed by atoms with Gasteiger partial charge in [0.2, 0.25) is 0 Å². The van der Waals surface area contributed by atoms with Gasteiger partial charge in [-0.2, -0.15) is 0 Å². The summed E-state index contributed by atoms with van der Waals surface area (Å²) in [6.07, 6.45) is 1.80. The van der Waals surface area contributed by atoms with Gasteiger partial charge < -0.3 is 24.5 Å². The van der Waals surface area contributed by atoms with Crippen LogP contribution in [0.3, 0.4) is 0 Å². The number of ether oxygens (including phenoxy) is 1. The van der Waals surface area contributed by atoms with Gasteiger partial charge in [-0.1, -0.05) is 86.6 Å². The number of aliphatic hydroxyl groups excluding tert-OH is 3. The fourth-order valence-corrected chi connectivity index (χ4v) is 8.78. The van der Waals surface area contributed by atoms with Crippen LogP contribution in [0, 0.1) is 5.41 Å². The van der Waals surface area contributed by atoms with E-state index in [9.17, 15) is 15.3 Å². The Morgan fingerprint density at radius 3 is 1.89 bits per heavy atom. The van der Waals surface area contributed by atoms with Crippen molar-refractivity contribution in [1.82, 2.24) is 15.0 Å². The highest BCUT2D eigenvalue weighted by Gasteiger charge is 2.50. The zero-order chi connectivity index (χ0) is 25.4. The minimum atomic E-state index is -2.61. The molecule has 0 aliphatic heterocycles. The molecule has 8 nitrogen and oxygen atoms in total. The molecule has 0 aliphatic rings. The first-order valence-electron chi connectivity index (χ1n) is 11.8. The lowest BCUT2D eigenvalue weighted by Crippen LogP contribution is -2.66. The maximum Gasteiger partial charge on any atom is 0.261 e. The molecule has 0 aliphatic carbocycles. The van der Waals surface area contributed by atoms with Crippen LogP contribution in [-0.2, 0) is 22.3 Å². The maximum absolute atomic E-state index is 9.42. The second-order valence-electron chi connectivity index (χ2n) is 9.95. The number of aromatic nitrogens is 3.